The number of fused-ring (bicyclic) bond motifs is 1. The maximum atomic E-state index is 11.1. The molecular formula is C12H17N3O. The van der Waals surface area contributed by atoms with Crippen molar-refractivity contribution >= 4 is 0 Å². The van der Waals surface area contributed by atoms with Gasteiger partial charge in [-0.3, -0.25) is 0 Å². The van der Waals surface area contributed by atoms with Crippen LogP contribution >= 0.6 is 0 Å². The Labute approximate surface area is 94.8 Å². The fourth-order valence-corrected chi connectivity index (χ4v) is 2.12. The van der Waals surface area contributed by atoms with E-state index >= 15 is 0 Å². The molecule has 4 heteroatoms. The van der Waals surface area contributed by atoms with E-state index < -0.39 is 0 Å². The molecule has 0 fully saturated rings. The van der Waals surface area contributed by atoms with Crippen LogP contribution in [0.15, 0.2) is 23.6 Å². The first-order chi connectivity index (χ1) is 7.69. The molecule has 0 saturated carbocycles. The van der Waals surface area contributed by atoms with E-state index in [1.54, 1.807) is 6.20 Å². The maximum Gasteiger partial charge on any atom is 0.345 e. The lowest BCUT2D eigenvalue weighted by molar-refractivity contribution is 0.433. The lowest BCUT2D eigenvalue weighted by Crippen LogP contribution is -2.40. The Hall–Kier alpha value is -1.42. The first kappa shape index (κ1) is 11.1. The molecular weight excluding hydrogens is 202 g/mol. The molecule has 0 spiro atoms. The van der Waals surface area contributed by atoms with Crippen LogP contribution in [-0.2, 0) is 12.8 Å². The molecule has 0 bridgehead atoms. The van der Waals surface area contributed by atoms with Gasteiger partial charge in [-0.05, 0) is 31.7 Å². The van der Waals surface area contributed by atoms with Crippen LogP contribution in [0.4, 0.5) is 0 Å². The number of H-pyrrole nitrogens is 1. The highest BCUT2D eigenvalue weighted by Gasteiger charge is 2.19. The molecule has 2 atom stereocenters. The highest BCUT2D eigenvalue weighted by molar-refractivity contribution is 5.21. The fourth-order valence-electron chi connectivity index (χ4n) is 2.12. The molecule has 2 unspecified atom stereocenters. The minimum absolute atomic E-state index is 0.246. The van der Waals surface area contributed by atoms with Gasteiger partial charge in [-0.2, -0.15) is 0 Å². The Kier molecular flexibility index (Phi) is 3.19. The predicted octanol–water partition coefficient (Wildman–Crippen LogP) is 0.791. The van der Waals surface area contributed by atoms with Crippen LogP contribution in [0.3, 0.4) is 0 Å². The summed E-state index contributed by atoms with van der Waals surface area (Å²) in [5.41, 5.74) is 1.95. The second-order valence-electron chi connectivity index (χ2n) is 4.32. The van der Waals surface area contributed by atoms with Gasteiger partial charge in [0.15, 0.2) is 0 Å². The highest BCUT2D eigenvalue weighted by Crippen LogP contribution is 2.17. The van der Waals surface area contributed by atoms with Gasteiger partial charge in [-0.1, -0.05) is 6.08 Å². The van der Waals surface area contributed by atoms with Crippen LogP contribution in [0.25, 0.3) is 0 Å². The van der Waals surface area contributed by atoms with Gasteiger partial charge in [0.25, 0.3) is 0 Å². The number of rotatable bonds is 3. The van der Waals surface area contributed by atoms with Gasteiger partial charge in [0, 0.05) is 24.0 Å². The molecule has 2 N–H and O–H groups in total. The molecule has 2 rings (SSSR count). The van der Waals surface area contributed by atoms with Crippen LogP contribution in [0.2, 0.25) is 0 Å². The monoisotopic (exact) mass is 219 g/mol. The first-order valence-electron chi connectivity index (χ1n) is 5.64. The van der Waals surface area contributed by atoms with Crippen molar-refractivity contribution in [1.29, 1.82) is 0 Å². The highest BCUT2D eigenvalue weighted by atomic mass is 16.1. The molecule has 1 aliphatic rings. The Bertz CT molecular complexity index is 438. The molecule has 1 aromatic heterocycles. The van der Waals surface area contributed by atoms with Crippen molar-refractivity contribution in [3.8, 4) is 0 Å². The van der Waals surface area contributed by atoms with Crippen molar-refractivity contribution in [1.82, 2.24) is 15.3 Å². The van der Waals surface area contributed by atoms with Crippen LogP contribution in [0, 0.1) is 0 Å². The molecule has 0 amide bonds. The third kappa shape index (κ3) is 2.39. The van der Waals surface area contributed by atoms with Gasteiger partial charge in [0.05, 0.1) is 0 Å². The number of aryl methyl sites for hydroxylation is 1. The van der Waals surface area contributed by atoms with Gasteiger partial charge < -0.3 is 10.3 Å². The quantitative estimate of drug-likeness (QED) is 0.739. The predicted molar refractivity (Wildman–Crippen MR) is 63.5 cm³/mol. The molecule has 1 aromatic rings. The third-order valence-electron chi connectivity index (χ3n) is 3.04. The van der Waals surface area contributed by atoms with Crippen molar-refractivity contribution in [2.75, 3.05) is 0 Å². The van der Waals surface area contributed by atoms with Crippen molar-refractivity contribution < 1.29 is 0 Å². The zero-order valence-electron chi connectivity index (χ0n) is 9.49. The summed E-state index contributed by atoms with van der Waals surface area (Å²) in [7, 11) is 0. The second-order valence-corrected chi connectivity index (χ2v) is 4.32. The van der Waals surface area contributed by atoms with E-state index in [1.807, 2.05) is 6.08 Å². The lowest BCUT2D eigenvalue weighted by Gasteiger charge is -2.26. The standard InChI is InChI=1S/C12H17N3O/c1-3-8(2)14-10-4-5-11-9(6-10)7-13-12(16)15-11/h3,7-8,10,14H,1,4-6H2,2H3,(H,13,15,16). The molecule has 0 saturated heterocycles. The Balaban J connectivity index is 2.09. The number of hydrogen-bond acceptors (Lipinski definition) is 3. The van der Waals surface area contributed by atoms with E-state index in [0.717, 1.165) is 30.5 Å². The summed E-state index contributed by atoms with van der Waals surface area (Å²) >= 11 is 0. The van der Waals surface area contributed by atoms with Gasteiger partial charge in [0.2, 0.25) is 0 Å². The molecule has 86 valence electrons. The number of hydrogen-bond donors (Lipinski definition) is 2. The zero-order valence-corrected chi connectivity index (χ0v) is 9.49. The van der Waals surface area contributed by atoms with Crippen molar-refractivity contribution in [3.63, 3.8) is 0 Å². The van der Waals surface area contributed by atoms with E-state index in [9.17, 15) is 4.79 Å². The first-order valence-corrected chi connectivity index (χ1v) is 5.64. The topological polar surface area (TPSA) is 57.8 Å². The Morgan fingerprint density at radius 1 is 1.75 bits per heavy atom. The van der Waals surface area contributed by atoms with Crippen LogP contribution in [0.5, 0.6) is 0 Å². The summed E-state index contributed by atoms with van der Waals surface area (Å²) in [4.78, 5) is 17.6. The normalized spacial score (nSPS) is 21.2. The van der Waals surface area contributed by atoms with Crippen LogP contribution in [-0.4, -0.2) is 22.1 Å². The second kappa shape index (κ2) is 4.61. The van der Waals surface area contributed by atoms with E-state index in [-0.39, 0.29) is 5.69 Å². The molecule has 1 aliphatic carbocycles. The zero-order chi connectivity index (χ0) is 11.5. The maximum absolute atomic E-state index is 11.1. The van der Waals surface area contributed by atoms with E-state index in [0.29, 0.717) is 12.1 Å². The lowest BCUT2D eigenvalue weighted by atomic mass is 9.92. The van der Waals surface area contributed by atoms with Crippen molar-refractivity contribution in [3.05, 3.63) is 40.6 Å². The molecule has 16 heavy (non-hydrogen) atoms. The van der Waals surface area contributed by atoms with Gasteiger partial charge in [-0.15, -0.1) is 6.58 Å². The SMILES string of the molecule is C=CC(C)NC1CCc2[nH]c(=O)ncc2C1. The van der Waals surface area contributed by atoms with E-state index in [2.05, 4.69) is 28.8 Å². The molecule has 0 radical (unpaired) electrons. The average molecular weight is 219 g/mol. The van der Waals surface area contributed by atoms with Crippen molar-refractivity contribution in [2.45, 2.75) is 38.3 Å². The Morgan fingerprint density at radius 3 is 3.31 bits per heavy atom. The van der Waals surface area contributed by atoms with Crippen LogP contribution < -0.4 is 11.0 Å². The summed E-state index contributed by atoms with van der Waals surface area (Å²) in [6.07, 6.45) is 6.48. The number of aromatic nitrogens is 2. The number of nitrogens with one attached hydrogen (secondary N) is 2. The number of aromatic amines is 1. The summed E-state index contributed by atoms with van der Waals surface area (Å²) < 4.78 is 0. The van der Waals surface area contributed by atoms with E-state index in [1.165, 1.54) is 0 Å². The van der Waals surface area contributed by atoms with Gasteiger partial charge >= 0.3 is 5.69 Å². The summed E-state index contributed by atoms with van der Waals surface area (Å²) in [6, 6.07) is 0.774. The van der Waals surface area contributed by atoms with Gasteiger partial charge in [0.1, 0.15) is 0 Å². The molecule has 4 nitrogen and oxygen atoms in total. The van der Waals surface area contributed by atoms with E-state index in [4.69, 9.17) is 0 Å². The third-order valence-corrected chi connectivity index (χ3v) is 3.04. The number of nitrogens with zero attached hydrogens (tertiary/aromatic N) is 1. The van der Waals surface area contributed by atoms with Crippen LogP contribution in [0.1, 0.15) is 24.6 Å². The molecule has 0 aliphatic heterocycles. The van der Waals surface area contributed by atoms with Crippen molar-refractivity contribution in [2.24, 2.45) is 0 Å². The minimum atomic E-state index is -0.246. The molecule has 1 heterocycles. The fraction of sp³-hybridized carbons (Fsp3) is 0.500. The Morgan fingerprint density at radius 2 is 2.56 bits per heavy atom. The smallest absolute Gasteiger partial charge is 0.310 e. The summed E-state index contributed by atoms with van der Waals surface area (Å²) in [5, 5.41) is 3.49. The average Bonchev–Trinajstić information content (AvgIpc) is 2.29. The minimum Gasteiger partial charge on any atom is -0.310 e. The summed E-state index contributed by atoms with van der Waals surface area (Å²) in [6.45, 7) is 5.85. The largest absolute Gasteiger partial charge is 0.345 e. The van der Waals surface area contributed by atoms with Gasteiger partial charge in [-0.25, -0.2) is 9.78 Å². The summed E-state index contributed by atoms with van der Waals surface area (Å²) in [5.74, 6) is 0. The molecule has 0 aromatic carbocycles.